The highest BCUT2D eigenvalue weighted by Crippen LogP contribution is 2.42. The Morgan fingerprint density at radius 2 is 1.32 bits per heavy atom. The number of aliphatic carboxylic acids is 1. The zero-order chi connectivity index (χ0) is 28.7. The van der Waals surface area contributed by atoms with Gasteiger partial charge in [-0.3, -0.25) is 9.59 Å². The van der Waals surface area contributed by atoms with Crippen molar-refractivity contribution in [1.29, 1.82) is 0 Å². The Hall–Kier alpha value is -4.06. The summed E-state index contributed by atoms with van der Waals surface area (Å²) in [5, 5.41) is 21.3. The van der Waals surface area contributed by atoms with Gasteiger partial charge in [-0.05, 0) is 72.6 Å². The van der Waals surface area contributed by atoms with Gasteiger partial charge in [-0.2, -0.15) is 0 Å². The molecule has 0 atom stereocenters. The molecular formula is C36H37NO4. The average molecular weight is 548 g/mol. The molecule has 5 rings (SSSR count). The van der Waals surface area contributed by atoms with Crippen LogP contribution in [0.1, 0.15) is 52.7 Å². The summed E-state index contributed by atoms with van der Waals surface area (Å²) in [6, 6.07) is 35.0. The molecule has 0 saturated carbocycles. The number of carboxylic acid groups (broad SMARTS) is 1. The van der Waals surface area contributed by atoms with E-state index in [0.29, 0.717) is 12.0 Å². The van der Waals surface area contributed by atoms with Crippen LogP contribution in [-0.4, -0.2) is 46.5 Å². The summed E-state index contributed by atoms with van der Waals surface area (Å²) in [4.78, 5) is 26.5. The maximum atomic E-state index is 12.9. The highest BCUT2D eigenvalue weighted by atomic mass is 16.4. The van der Waals surface area contributed by atoms with Crippen LogP contribution in [0.3, 0.4) is 0 Å². The van der Waals surface area contributed by atoms with Crippen LogP contribution in [0.25, 0.3) is 11.1 Å². The molecule has 1 fully saturated rings. The minimum atomic E-state index is -1.02. The lowest BCUT2D eigenvalue weighted by atomic mass is 9.72. The molecule has 1 heterocycles. The van der Waals surface area contributed by atoms with Crippen LogP contribution in [0, 0.1) is 5.92 Å². The second-order valence-electron chi connectivity index (χ2n) is 10.9. The van der Waals surface area contributed by atoms with Gasteiger partial charge in [-0.25, -0.2) is 0 Å². The summed E-state index contributed by atoms with van der Waals surface area (Å²) in [6.07, 6.45) is 3.01. The Balaban J connectivity index is 1.15. The molecule has 210 valence electrons. The molecule has 0 amide bonds. The summed E-state index contributed by atoms with van der Waals surface area (Å²) in [7, 11) is 0. The third-order valence-corrected chi connectivity index (χ3v) is 8.36. The van der Waals surface area contributed by atoms with E-state index < -0.39 is 11.6 Å². The number of carbonyl (C=O) groups excluding carboxylic acids is 1. The minimum Gasteiger partial charge on any atom is -0.481 e. The fourth-order valence-corrected chi connectivity index (χ4v) is 6.16. The molecule has 4 aromatic rings. The lowest BCUT2D eigenvalue weighted by molar-refractivity contribution is -0.136. The number of aliphatic hydroxyl groups is 1. The highest BCUT2D eigenvalue weighted by molar-refractivity contribution is 5.96. The van der Waals surface area contributed by atoms with Crippen molar-refractivity contribution < 1.29 is 19.8 Å². The normalized spacial score (nSPS) is 14.6. The fraction of sp³-hybridized carbons (Fsp3) is 0.278. The number of piperidine rings is 1. The van der Waals surface area contributed by atoms with E-state index in [1.165, 1.54) is 0 Å². The lowest BCUT2D eigenvalue weighted by Crippen LogP contribution is -2.44. The molecule has 1 saturated heterocycles. The molecule has 5 nitrogen and oxygen atoms in total. The Kier molecular flexibility index (Phi) is 9.07. The Bertz CT molecular complexity index is 1400. The van der Waals surface area contributed by atoms with Crippen molar-refractivity contribution in [3.05, 3.63) is 131 Å². The van der Waals surface area contributed by atoms with Crippen LogP contribution in [0.15, 0.2) is 109 Å². The molecule has 1 aliphatic rings. The number of rotatable bonds is 11. The number of carboxylic acids is 1. The van der Waals surface area contributed by atoms with Crippen molar-refractivity contribution >= 4 is 11.8 Å². The van der Waals surface area contributed by atoms with E-state index in [1.807, 2.05) is 109 Å². The molecule has 41 heavy (non-hydrogen) atoms. The number of carbonyl (C=O) groups is 2. The molecule has 0 bridgehead atoms. The molecule has 0 radical (unpaired) electrons. The predicted octanol–water partition coefficient (Wildman–Crippen LogP) is 6.59. The van der Waals surface area contributed by atoms with E-state index in [1.54, 1.807) is 0 Å². The first-order valence-electron chi connectivity index (χ1n) is 14.4. The van der Waals surface area contributed by atoms with Gasteiger partial charge < -0.3 is 15.1 Å². The van der Waals surface area contributed by atoms with E-state index in [9.17, 15) is 19.8 Å². The topological polar surface area (TPSA) is 77.8 Å². The van der Waals surface area contributed by atoms with Crippen LogP contribution in [0.5, 0.6) is 0 Å². The molecular weight excluding hydrogens is 510 g/mol. The Morgan fingerprint density at radius 3 is 1.90 bits per heavy atom. The smallest absolute Gasteiger partial charge is 0.307 e. The van der Waals surface area contributed by atoms with Gasteiger partial charge in [0.15, 0.2) is 5.78 Å². The van der Waals surface area contributed by atoms with Crippen LogP contribution in [0.2, 0.25) is 0 Å². The maximum absolute atomic E-state index is 12.9. The molecule has 0 aliphatic carbocycles. The maximum Gasteiger partial charge on any atom is 0.307 e. The van der Waals surface area contributed by atoms with Crippen LogP contribution in [0.4, 0.5) is 0 Å². The first-order valence-corrected chi connectivity index (χ1v) is 14.4. The van der Waals surface area contributed by atoms with Gasteiger partial charge in [-0.1, -0.05) is 109 Å². The van der Waals surface area contributed by atoms with Gasteiger partial charge in [0.2, 0.25) is 0 Å². The van der Waals surface area contributed by atoms with Gasteiger partial charge >= 0.3 is 5.97 Å². The van der Waals surface area contributed by atoms with Crippen molar-refractivity contribution in [2.75, 3.05) is 19.6 Å². The summed E-state index contributed by atoms with van der Waals surface area (Å²) >= 11 is 0. The van der Waals surface area contributed by atoms with Gasteiger partial charge in [0, 0.05) is 12.0 Å². The minimum absolute atomic E-state index is 0.0358. The van der Waals surface area contributed by atoms with Crippen LogP contribution in [-0.2, 0) is 16.8 Å². The largest absolute Gasteiger partial charge is 0.481 e. The number of hydrogen-bond donors (Lipinski definition) is 2. The molecule has 2 N–H and O–H groups in total. The summed E-state index contributed by atoms with van der Waals surface area (Å²) in [6.45, 7) is 2.64. The monoisotopic (exact) mass is 547 g/mol. The number of benzene rings is 4. The molecule has 5 heteroatoms. The third kappa shape index (κ3) is 6.64. The van der Waals surface area contributed by atoms with E-state index >= 15 is 0 Å². The standard InChI is InChI=1S/C36H37NO4/c38-34(28-19-17-27(18-20-28)33-15-8-7-10-29(33)26-35(39)40)16-9-23-37-24-21-32(22-25-37)36(41,30-11-3-1-4-12-30)31-13-5-2-6-14-31/h1-8,10-15,17-20,32,41H,9,16,21-26H2,(H,39,40). The second kappa shape index (κ2) is 13.1. The Morgan fingerprint density at radius 1 is 0.756 bits per heavy atom. The first-order chi connectivity index (χ1) is 19.9. The number of hydrogen-bond acceptors (Lipinski definition) is 4. The van der Waals surface area contributed by atoms with E-state index in [0.717, 1.165) is 66.7 Å². The van der Waals surface area contributed by atoms with Crippen molar-refractivity contribution in [2.45, 2.75) is 37.7 Å². The van der Waals surface area contributed by atoms with Crippen molar-refractivity contribution in [3.8, 4) is 11.1 Å². The fourth-order valence-electron chi connectivity index (χ4n) is 6.16. The number of nitrogens with zero attached hydrogens (tertiary/aromatic N) is 1. The summed E-state index contributed by atoms with van der Waals surface area (Å²) in [5.74, 6) is -0.631. The van der Waals surface area contributed by atoms with Crippen LogP contribution >= 0.6 is 0 Å². The second-order valence-corrected chi connectivity index (χ2v) is 10.9. The molecule has 0 spiro atoms. The number of Topliss-reactive ketones (excluding diaryl/α,β-unsaturated/α-hetero) is 1. The van der Waals surface area contributed by atoms with Crippen molar-refractivity contribution in [2.24, 2.45) is 5.92 Å². The van der Waals surface area contributed by atoms with Gasteiger partial charge in [0.05, 0.1) is 6.42 Å². The Labute approximate surface area is 242 Å². The number of likely N-dealkylation sites (tertiary alicyclic amines) is 1. The summed E-state index contributed by atoms with van der Waals surface area (Å²) in [5.41, 5.74) is 4.08. The lowest BCUT2D eigenvalue weighted by Gasteiger charge is -2.42. The zero-order valence-corrected chi connectivity index (χ0v) is 23.3. The molecule has 1 aliphatic heterocycles. The van der Waals surface area contributed by atoms with E-state index in [-0.39, 0.29) is 18.1 Å². The molecule has 0 unspecified atom stereocenters. The first kappa shape index (κ1) is 28.5. The van der Waals surface area contributed by atoms with Gasteiger partial charge in [0.25, 0.3) is 0 Å². The predicted molar refractivity (Wildman–Crippen MR) is 162 cm³/mol. The number of ketones is 1. The molecule has 4 aromatic carbocycles. The average Bonchev–Trinajstić information content (AvgIpc) is 3.02. The quantitative estimate of drug-likeness (QED) is 0.207. The van der Waals surface area contributed by atoms with E-state index in [4.69, 9.17) is 0 Å². The van der Waals surface area contributed by atoms with Crippen molar-refractivity contribution in [3.63, 3.8) is 0 Å². The van der Waals surface area contributed by atoms with Crippen molar-refractivity contribution in [1.82, 2.24) is 4.90 Å². The van der Waals surface area contributed by atoms with Crippen LogP contribution < -0.4 is 0 Å². The zero-order valence-electron chi connectivity index (χ0n) is 23.3. The van der Waals surface area contributed by atoms with E-state index in [2.05, 4.69) is 4.90 Å². The highest BCUT2D eigenvalue weighted by Gasteiger charge is 2.41. The SMILES string of the molecule is O=C(O)Cc1ccccc1-c1ccc(C(=O)CCCN2CCC(C(O)(c3ccccc3)c3ccccc3)CC2)cc1. The van der Waals surface area contributed by atoms with Gasteiger partial charge in [0.1, 0.15) is 5.60 Å². The van der Waals surface area contributed by atoms with Gasteiger partial charge in [-0.15, -0.1) is 0 Å². The summed E-state index contributed by atoms with van der Waals surface area (Å²) < 4.78 is 0. The third-order valence-electron chi connectivity index (χ3n) is 8.36. The molecule has 0 aromatic heterocycles.